The van der Waals surface area contributed by atoms with E-state index in [0.717, 1.165) is 4.90 Å². The van der Waals surface area contributed by atoms with Crippen LogP contribution in [0, 0.1) is 22.0 Å². The molecule has 2 amide bonds. The Balaban J connectivity index is 1.83. The predicted octanol–water partition coefficient (Wildman–Crippen LogP) is 2.19. The molecular formula is C15H11BrN2O5. The van der Waals surface area contributed by atoms with Crippen LogP contribution in [0.3, 0.4) is 0 Å². The van der Waals surface area contributed by atoms with Crippen LogP contribution < -0.4 is 4.90 Å². The number of carbonyl (C=O) groups is 2. The Hall–Kier alpha value is -2.06. The summed E-state index contributed by atoms with van der Waals surface area (Å²) in [5.41, 5.74) is -1.10. The highest BCUT2D eigenvalue weighted by molar-refractivity contribution is 9.10. The molecule has 8 heteroatoms. The smallest absolute Gasteiger partial charge is 0.294 e. The number of rotatable bonds is 2. The molecule has 0 aliphatic carbocycles. The minimum Gasteiger partial charge on any atom is -0.362 e. The third kappa shape index (κ3) is 1.79. The van der Waals surface area contributed by atoms with Gasteiger partial charge in [0.15, 0.2) is 0 Å². The Kier molecular flexibility index (Phi) is 2.83. The van der Waals surface area contributed by atoms with E-state index in [2.05, 4.69) is 15.9 Å². The Morgan fingerprint density at radius 2 is 2.09 bits per heavy atom. The van der Waals surface area contributed by atoms with Gasteiger partial charge < -0.3 is 4.74 Å². The summed E-state index contributed by atoms with van der Waals surface area (Å²) >= 11 is 3.17. The van der Waals surface area contributed by atoms with Crippen LogP contribution in [0.1, 0.15) is 6.92 Å². The normalized spacial score (nSPS) is 34.3. The highest BCUT2D eigenvalue weighted by Gasteiger charge is 2.66. The summed E-state index contributed by atoms with van der Waals surface area (Å²) in [6.45, 7) is 1.76. The fourth-order valence-electron chi connectivity index (χ4n) is 3.72. The monoisotopic (exact) mass is 378 g/mol. The van der Waals surface area contributed by atoms with Crippen LogP contribution in [-0.4, -0.2) is 28.4 Å². The lowest BCUT2D eigenvalue weighted by molar-refractivity contribution is -0.384. The quantitative estimate of drug-likeness (QED) is 0.340. The molecule has 7 nitrogen and oxygen atoms in total. The van der Waals surface area contributed by atoms with Gasteiger partial charge in [0.25, 0.3) is 5.69 Å². The van der Waals surface area contributed by atoms with Gasteiger partial charge in [-0.25, -0.2) is 4.90 Å². The molecule has 0 saturated carbocycles. The standard InChI is InChI=1S/C15H11BrN2O5/c1-15-5-4-10(23-15)11-12(15)14(20)17(13(11)19)8-3-2-7(16)6-9(8)18(21)22/h2-6,10-12H,1H3. The third-order valence-electron chi connectivity index (χ3n) is 4.70. The molecule has 4 atom stereocenters. The molecule has 23 heavy (non-hydrogen) atoms. The van der Waals surface area contributed by atoms with E-state index < -0.39 is 40.3 Å². The molecule has 0 radical (unpaired) electrons. The number of benzene rings is 1. The van der Waals surface area contributed by atoms with Crippen molar-refractivity contribution in [3.8, 4) is 0 Å². The van der Waals surface area contributed by atoms with Gasteiger partial charge in [-0.1, -0.05) is 28.1 Å². The van der Waals surface area contributed by atoms with Crippen molar-refractivity contribution in [2.75, 3.05) is 4.90 Å². The molecule has 4 unspecified atom stereocenters. The molecule has 118 valence electrons. The minimum absolute atomic E-state index is 0.00519. The van der Waals surface area contributed by atoms with E-state index in [1.165, 1.54) is 12.1 Å². The molecule has 2 fully saturated rings. The van der Waals surface area contributed by atoms with E-state index in [9.17, 15) is 19.7 Å². The summed E-state index contributed by atoms with van der Waals surface area (Å²) in [5.74, 6) is -2.13. The summed E-state index contributed by atoms with van der Waals surface area (Å²) in [7, 11) is 0. The van der Waals surface area contributed by atoms with Gasteiger partial charge in [-0.3, -0.25) is 19.7 Å². The number of nitro groups is 1. The number of fused-ring (bicyclic) bond motifs is 5. The van der Waals surface area contributed by atoms with Gasteiger partial charge in [0.1, 0.15) is 5.69 Å². The second-order valence-corrected chi connectivity index (χ2v) is 6.95. The number of ether oxygens (including phenoxy) is 1. The Morgan fingerprint density at radius 1 is 1.35 bits per heavy atom. The zero-order valence-electron chi connectivity index (χ0n) is 11.9. The Morgan fingerprint density at radius 3 is 2.74 bits per heavy atom. The van der Waals surface area contributed by atoms with Crippen molar-refractivity contribution in [2.24, 2.45) is 11.8 Å². The van der Waals surface area contributed by atoms with E-state index in [0.29, 0.717) is 4.47 Å². The van der Waals surface area contributed by atoms with E-state index in [1.54, 1.807) is 25.1 Å². The number of hydrogen-bond acceptors (Lipinski definition) is 5. The number of hydrogen-bond donors (Lipinski definition) is 0. The Bertz CT molecular complexity index is 807. The van der Waals surface area contributed by atoms with Crippen LogP contribution in [0.15, 0.2) is 34.8 Å². The summed E-state index contributed by atoms with van der Waals surface area (Å²) in [4.78, 5) is 37.2. The molecule has 3 heterocycles. The van der Waals surface area contributed by atoms with Crippen molar-refractivity contribution >= 4 is 39.1 Å². The lowest BCUT2D eigenvalue weighted by Crippen LogP contribution is -2.38. The highest BCUT2D eigenvalue weighted by atomic mass is 79.9. The maximum absolute atomic E-state index is 12.8. The van der Waals surface area contributed by atoms with Gasteiger partial charge >= 0.3 is 0 Å². The lowest BCUT2D eigenvalue weighted by atomic mass is 9.78. The first-order chi connectivity index (χ1) is 10.8. The van der Waals surface area contributed by atoms with Crippen LogP contribution in [0.4, 0.5) is 11.4 Å². The van der Waals surface area contributed by atoms with Crippen molar-refractivity contribution in [1.82, 2.24) is 0 Å². The number of halogens is 1. The van der Waals surface area contributed by atoms with E-state index in [1.807, 2.05) is 0 Å². The number of imide groups is 1. The second-order valence-electron chi connectivity index (χ2n) is 6.03. The maximum atomic E-state index is 12.8. The molecule has 0 N–H and O–H groups in total. The van der Waals surface area contributed by atoms with Gasteiger partial charge in [0.05, 0.1) is 28.5 Å². The van der Waals surface area contributed by atoms with Crippen molar-refractivity contribution in [1.29, 1.82) is 0 Å². The van der Waals surface area contributed by atoms with Gasteiger partial charge in [-0.2, -0.15) is 0 Å². The van der Waals surface area contributed by atoms with Crippen molar-refractivity contribution in [2.45, 2.75) is 18.6 Å². The molecule has 3 aliphatic rings. The topological polar surface area (TPSA) is 89.8 Å². The summed E-state index contributed by atoms with van der Waals surface area (Å²) in [5, 5.41) is 11.3. The minimum atomic E-state index is -0.818. The zero-order chi connectivity index (χ0) is 16.5. The molecule has 1 aromatic rings. The number of amides is 2. The van der Waals surface area contributed by atoms with Crippen LogP contribution in [-0.2, 0) is 14.3 Å². The van der Waals surface area contributed by atoms with Gasteiger partial charge in [-0.05, 0) is 19.1 Å². The first-order valence-corrected chi connectivity index (χ1v) is 7.82. The largest absolute Gasteiger partial charge is 0.362 e. The number of nitrogens with zero attached hydrogens (tertiary/aromatic N) is 2. The molecular weight excluding hydrogens is 368 g/mol. The van der Waals surface area contributed by atoms with Crippen molar-refractivity contribution < 1.29 is 19.2 Å². The van der Waals surface area contributed by atoms with Gasteiger partial charge in [0, 0.05) is 10.5 Å². The molecule has 3 aliphatic heterocycles. The summed E-state index contributed by atoms with van der Waals surface area (Å²) < 4.78 is 6.23. The number of carbonyl (C=O) groups excluding carboxylic acids is 2. The SMILES string of the molecule is CC12C=CC(O1)C1C(=O)N(c3ccc(Br)cc3[N+](=O)[O-])C(=O)C12. The third-order valence-corrected chi connectivity index (χ3v) is 5.20. The summed E-state index contributed by atoms with van der Waals surface area (Å²) in [6, 6.07) is 4.27. The second kappa shape index (κ2) is 4.48. The number of anilines is 1. The van der Waals surface area contributed by atoms with E-state index in [-0.39, 0.29) is 11.4 Å². The predicted molar refractivity (Wildman–Crippen MR) is 82.7 cm³/mol. The van der Waals surface area contributed by atoms with Gasteiger partial charge in [-0.15, -0.1) is 0 Å². The average molecular weight is 379 g/mol. The zero-order valence-corrected chi connectivity index (χ0v) is 13.5. The fraction of sp³-hybridized carbons (Fsp3) is 0.333. The molecule has 2 bridgehead atoms. The first-order valence-electron chi connectivity index (χ1n) is 7.02. The van der Waals surface area contributed by atoms with Crippen molar-refractivity contribution in [3.63, 3.8) is 0 Å². The first kappa shape index (κ1) is 14.5. The maximum Gasteiger partial charge on any atom is 0.294 e. The molecule has 4 rings (SSSR count). The Labute approximate surface area is 139 Å². The van der Waals surface area contributed by atoms with Crippen LogP contribution in [0.5, 0.6) is 0 Å². The molecule has 0 spiro atoms. The number of nitro benzene ring substituents is 1. The molecule has 0 aromatic heterocycles. The average Bonchev–Trinajstić information content (AvgIpc) is 3.09. The van der Waals surface area contributed by atoms with Gasteiger partial charge in [0.2, 0.25) is 11.8 Å². The fourth-order valence-corrected chi connectivity index (χ4v) is 4.07. The van der Waals surface area contributed by atoms with Crippen LogP contribution >= 0.6 is 15.9 Å². The highest BCUT2D eigenvalue weighted by Crippen LogP contribution is 2.53. The van der Waals surface area contributed by atoms with E-state index >= 15 is 0 Å². The van der Waals surface area contributed by atoms with Crippen molar-refractivity contribution in [3.05, 3.63) is 44.9 Å². The summed E-state index contributed by atoms with van der Waals surface area (Å²) in [6.07, 6.45) is 3.14. The molecule has 2 saturated heterocycles. The molecule has 1 aromatic carbocycles. The van der Waals surface area contributed by atoms with Crippen LogP contribution in [0.25, 0.3) is 0 Å². The van der Waals surface area contributed by atoms with E-state index in [4.69, 9.17) is 4.74 Å². The lowest BCUT2D eigenvalue weighted by Gasteiger charge is -2.24. The van der Waals surface area contributed by atoms with Crippen LogP contribution in [0.2, 0.25) is 0 Å².